The monoisotopic (exact) mass is 278 g/mol. The van der Waals surface area contributed by atoms with Gasteiger partial charge in [0.15, 0.2) is 0 Å². The summed E-state index contributed by atoms with van der Waals surface area (Å²) in [5, 5.41) is 0. The molecule has 1 aromatic carbocycles. The smallest absolute Gasteiger partial charge is 0.118 e. The van der Waals surface area contributed by atoms with Gasteiger partial charge in [0.25, 0.3) is 0 Å². The fourth-order valence-electron chi connectivity index (χ4n) is 2.21. The molecular weight excluding hydrogens is 248 g/mol. The van der Waals surface area contributed by atoms with Gasteiger partial charge < -0.3 is 15.4 Å². The summed E-state index contributed by atoms with van der Waals surface area (Å²) in [5.74, 6) is 0.917. The zero-order chi connectivity index (χ0) is 15.0. The molecule has 2 N–H and O–H groups in total. The maximum absolute atomic E-state index is 5.75. The highest BCUT2D eigenvalue weighted by atomic mass is 16.5. The number of unbranched alkanes of at least 4 members (excludes halogenated alkanes) is 1. The summed E-state index contributed by atoms with van der Waals surface area (Å²) in [7, 11) is 3.88. The normalized spacial score (nSPS) is 11.9. The topological polar surface area (TPSA) is 38.5 Å². The van der Waals surface area contributed by atoms with Crippen LogP contribution in [0.4, 0.5) is 0 Å². The summed E-state index contributed by atoms with van der Waals surface area (Å²) in [5.41, 5.74) is 7.37. The van der Waals surface area contributed by atoms with Crippen LogP contribution in [-0.4, -0.2) is 32.1 Å². The van der Waals surface area contributed by atoms with E-state index in [0.29, 0.717) is 0 Å². The quantitative estimate of drug-likeness (QED) is 0.705. The van der Waals surface area contributed by atoms with Gasteiger partial charge >= 0.3 is 0 Å². The first-order chi connectivity index (χ1) is 9.46. The first-order valence-electron chi connectivity index (χ1n) is 7.48. The molecule has 0 fully saturated rings. The van der Waals surface area contributed by atoms with Gasteiger partial charge in [0.2, 0.25) is 0 Å². The average molecular weight is 278 g/mol. The highest BCUT2D eigenvalue weighted by Gasteiger charge is 2.14. The predicted molar refractivity (Wildman–Crippen MR) is 86.0 cm³/mol. The molecule has 0 saturated heterocycles. The summed E-state index contributed by atoms with van der Waals surface area (Å²) >= 11 is 0. The first kappa shape index (κ1) is 17.0. The molecule has 0 aromatic heterocycles. The van der Waals surface area contributed by atoms with Crippen LogP contribution in [0.2, 0.25) is 0 Å². The Kier molecular flexibility index (Phi) is 7.03. The lowest BCUT2D eigenvalue weighted by atomic mass is 9.87. The van der Waals surface area contributed by atoms with Gasteiger partial charge in [-0.05, 0) is 56.1 Å². The highest BCUT2D eigenvalue weighted by molar-refractivity contribution is 5.26. The molecule has 0 bridgehead atoms. The van der Waals surface area contributed by atoms with Crippen molar-refractivity contribution in [2.45, 2.75) is 39.7 Å². The number of methoxy groups -OCH3 is 1. The Morgan fingerprint density at radius 2 is 1.80 bits per heavy atom. The van der Waals surface area contributed by atoms with Crippen LogP contribution in [-0.2, 0) is 6.54 Å². The first-order valence-corrected chi connectivity index (χ1v) is 7.48. The van der Waals surface area contributed by atoms with E-state index in [0.717, 1.165) is 25.4 Å². The number of nitrogens with zero attached hydrogens (tertiary/aromatic N) is 1. The SMILES string of the molecule is COc1ccc(CN(C)CCCCC(C)(C)CN)cc1. The molecule has 0 radical (unpaired) electrons. The van der Waals surface area contributed by atoms with E-state index in [2.05, 4.69) is 37.9 Å². The van der Waals surface area contributed by atoms with Crippen molar-refractivity contribution in [2.24, 2.45) is 11.1 Å². The number of hydrogen-bond donors (Lipinski definition) is 1. The lowest BCUT2D eigenvalue weighted by Gasteiger charge is -2.23. The van der Waals surface area contributed by atoms with Crippen molar-refractivity contribution in [3.8, 4) is 5.75 Å². The van der Waals surface area contributed by atoms with E-state index in [-0.39, 0.29) is 5.41 Å². The number of ether oxygens (including phenoxy) is 1. The molecule has 0 saturated carbocycles. The molecule has 1 rings (SSSR count). The molecule has 0 aliphatic heterocycles. The fourth-order valence-corrected chi connectivity index (χ4v) is 2.21. The molecule has 3 nitrogen and oxygen atoms in total. The minimum atomic E-state index is 0.286. The lowest BCUT2D eigenvalue weighted by Crippen LogP contribution is -2.24. The van der Waals surface area contributed by atoms with E-state index in [4.69, 9.17) is 10.5 Å². The van der Waals surface area contributed by atoms with Crippen molar-refractivity contribution in [2.75, 3.05) is 27.2 Å². The summed E-state index contributed by atoms with van der Waals surface area (Å²) in [6, 6.07) is 8.31. The third-order valence-electron chi connectivity index (χ3n) is 3.81. The lowest BCUT2D eigenvalue weighted by molar-refractivity contribution is 0.289. The van der Waals surface area contributed by atoms with Crippen LogP contribution < -0.4 is 10.5 Å². The number of hydrogen-bond acceptors (Lipinski definition) is 3. The molecular formula is C17H30N2O. The van der Waals surface area contributed by atoms with E-state index in [9.17, 15) is 0 Å². The Morgan fingerprint density at radius 3 is 2.35 bits per heavy atom. The Bertz CT molecular complexity index is 373. The second kappa shape index (κ2) is 8.28. The number of nitrogens with two attached hydrogens (primary N) is 1. The number of benzene rings is 1. The predicted octanol–water partition coefficient (Wildman–Crippen LogP) is 3.28. The van der Waals surface area contributed by atoms with E-state index in [1.165, 1.54) is 24.8 Å². The fraction of sp³-hybridized carbons (Fsp3) is 0.647. The van der Waals surface area contributed by atoms with Crippen LogP contribution in [0.1, 0.15) is 38.7 Å². The van der Waals surface area contributed by atoms with Crippen molar-refractivity contribution in [1.82, 2.24) is 4.90 Å². The Hall–Kier alpha value is -1.06. The van der Waals surface area contributed by atoms with Gasteiger partial charge in [-0.3, -0.25) is 0 Å². The van der Waals surface area contributed by atoms with Gasteiger partial charge in [0.05, 0.1) is 7.11 Å². The van der Waals surface area contributed by atoms with Gasteiger partial charge in [0, 0.05) is 6.54 Å². The average Bonchev–Trinajstić information content (AvgIpc) is 2.44. The zero-order valence-corrected chi connectivity index (χ0v) is 13.5. The molecule has 20 heavy (non-hydrogen) atoms. The standard InChI is InChI=1S/C17H30N2O/c1-17(2,14-18)11-5-6-12-19(3)13-15-7-9-16(20-4)10-8-15/h7-10H,5-6,11-14,18H2,1-4H3. The van der Waals surface area contributed by atoms with E-state index in [1.807, 2.05) is 12.1 Å². The van der Waals surface area contributed by atoms with Crippen LogP contribution in [0.15, 0.2) is 24.3 Å². The maximum Gasteiger partial charge on any atom is 0.118 e. The third kappa shape index (κ3) is 6.40. The molecule has 114 valence electrons. The van der Waals surface area contributed by atoms with Gasteiger partial charge in [-0.2, -0.15) is 0 Å². The molecule has 0 amide bonds. The van der Waals surface area contributed by atoms with Crippen LogP contribution in [0, 0.1) is 5.41 Å². The van der Waals surface area contributed by atoms with Crippen molar-refractivity contribution >= 4 is 0 Å². The summed E-state index contributed by atoms with van der Waals surface area (Å²) in [4.78, 5) is 2.37. The van der Waals surface area contributed by atoms with Crippen molar-refractivity contribution < 1.29 is 4.74 Å². The Labute approximate surface area is 124 Å². The van der Waals surface area contributed by atoms with Crippen molar-refractivity contribution in [3.63, 3.8) is 0 Å². The maximum atomic E-state index is 5.75. The van der Waals surface area contributed by atoms with Crippen LogP contribution in [0.3, 0.4) is 0 Å². The molecule has 3 heteroatoms. The van der Waals surface area contributed by atoms with Gasteiger partial charge in [-0.25, -0.2) is 0 Å². The molecule has 0 spiro atoms. The third-order valence-corrected chi connectivity index (χ3v) is 3.81. The summed E-state index contributed by atoms with van der Waals surface area (Å²) in [6.45, 7) is 7.38. The van der Waals surface area contributed by atoms with Crippen LogP contribution >= 0.6 is 0 Å². The zero-order valence-electron chi connectivity index (χ0n) is 13.5. The number of rotatable bonds is 9. The minimum Gasteiger partial charge on any atom is -0.497 e. The Balaban J connectivity index is 2.24. The largest absolute Gasteiger partial charge is 0.497 e. The van der Waals surface area contributed by atoms with Crippen molar-refractivity contribution in [3.05, 3.63) is 29.8 Å². The summed E-state index contributed by atoms with van der Waals surface area (Å²) in [6.07, 6.45) is 3.69. The molecule has 0 aliphatic carbocycles. The van der Waals surface area contributed by atoms with Crippen LogP contribution in [0.5, 0.6) is 5.75 Å². The molecule has 0 unspecified atom stereocenters. The van der Waals surface area contributed by atoms with E-state index < -0.39 is 0 Å². The van der Waals surface area contributed by atoms with Crippen LogP contribution in [0.25, 0.3) is 0 Å². The van der Waals surface area contributed by atoms with Gasteiger partial charge in [-0.1, -0.05) is 32.4 Å². The second-order valence-electron chi connectivity index (χ2n) is 6.41. The van der Waals surface area contributed by atoms with E-state index in [1.54, 1.807) is 7.11 Å². The second-order valence-corrected chi connectivity index (χ2v) is 6.41. The molecule has 1 aromatic rings. The molecule has 0 aliphatic rings. The van der Waals surface area contributed by atoms with E-state index >= 15 is 0 Å². The Morgan fingerprint density at radius 1 is 1.15 bits per heavy atom. The van der Waals surface area contributed by atoms with Gasteiger partial charge in [-0.15, -0.1) is 0 Å². The summed E-state index contributed by atoms with van der Waals surface area (Å²) < 4.78 is 5.17. The van der Waals surface area contributed by atoms with Crippen molar-refractivity contribution in [1.29, 1.82) is 0 Å². The highest BCUT2D eigenvalue weighted by Crippen LogP contribution is 2.21. The molecule has 0 heterocycles. The van der Waals surface area contributed by atoms with Gasteiger partial charge in [0.1, 0.15) is 5.75 Å². The molecule has 0 atom stereocenters. The minimum absolute atomic E-state index is 0.286.